The zero-order chi connectivity index (χ0) is 12.8. The molecule has 0 saturated heterocycles. The van der Waals surface area contributed by atoms with Gasteiger partial charge in [0.15, 0.2) is 0 Å². The molecular formula is C15H19N3. The smallest absolute Gasteiger partial charge is 0.0992 e. The molecule has 1 aromatic carbocycles. The third-order valence-corrected chi connectivity index (χ3v) is 2.89. The molecule has 0 fully saturated rings. The van der Waals surface area contributed by atoms with Crippen LogP contribution in [0.4, 0.5) is 5.69 Å². The highest BCUT2D eigenvalue weighted by Crippen LogP contribution is 2.21. The summed E-state index contributed by atoms with van der Waals surface area (Å²) in [5.41, 5.74) is 2.26. The van der Waals surface area contributed by atoms with Gasteiger partial charge in [-0.1, -0.05) is 18.2 Å². The van der Waals surface area contributed by atoms with Crippen molar-refractivity contribution >= 4 is 5.69 Å². The number of allylic oxidation sites excluding steroid dienone is 1. The topological polar surface area (TPSA) is 29.9 Å². The molecule has 2 rings (SSSR count). The minimum absolute atomic E-state index is 0.424. The van der Waals surface area contributed by atoms with Crippen molar-refractivity contribution in [2.75, 3.05) is 5.32 Å². The zero-order valence-electron chi connectivity index (χ0n) is 10.7. The van der Waals surface area contributed by atoms with E-state index in [1.807, 2.05) is 35.3 Å². The number of hydrogen-bond acceptors (Lipinski definition) is 2. The van der Waals surface area contributed by atoms with Crippen molar-refractivity contribution < 1.29 is 0 Å². The summed E-state index contributed by atoms with van der Waals surface area (Å²) < 4.78 is 2.02. The second kappa shape index (κ2) is 6.05. The first-order chi connectivity index (χ1) is 8.81. The van der Waals surface area contributed by atoms with Crippen LogP contribution in [-0.2, 0) is 0 Å². The number of nitrogens with one attached hydrogen (secondary N) is 1. The first-order valence-corrected chi connectivity index (χ1v) is 6.26. The predicted octanol–water partition coefficient (Wildman–Crippen LogP) is 3.64. The number of aromatic nitrogens is 2. The second-order valence-corrected chi connectivity index (χ2v) is 4.40. The maximum absolute atomic E-state index is 4.09. The average Bonchev–Trinajstić information content (AvgIpc) is 2.91. The fourth-order valence-corrected chi connectivity index (χ4v) is 1.93. The van der Waals surface area contributed by atoms with Gasteiger partial charge in [0.2, 0.25) is 0 Å². The van der Waals surface area contributed by atoms with E-state index in [1.54, 1.807) is 6.20 Å². The van der Waals surface area contributed by atoms with Gasteiger partial charge in [0.1, 0.15) is 0 Å². The van der Waals surface area contributed by atoms with E-state index in [2.05, 4.69) is 35.9 Å². The largest absolute Gasteiger partial charge is 0.381 e. The zero-order valence-corrected chi connectivity index (χ0v) is 10.7. The molecule has 0 spiro atoms. The van der Waals surface area contributed by atoms with Crippen LogP contribution in [0.1, 0.15) is 19.8 Å². The number of hydrogen-bond donors (Lipinski definition) is 1. The lowest BCUT2D eigenvalue weighted by molar-refractivity contribution is 0.718. The fraction of sp³-hybridized carbons (Fsp3) is 0.267. The van der Waals surface area contributed by atoms with Crippen molar-refractivity contribution in [1.29, 1.82) is 0 Å². The van der Waals surface area contributed by atoms with Gasteiger partial charge in [0.05, 0.1) is 17.7 Å². The third-order valence-electron chi connectivity index (χ3n) is 2.89. The number of anilines is 1. The standard InChI is InChI=1S/C15H19N3/c1-3-4-7-13(2)17-14-8-5-6-9-15(14)18-11-10-16-12-18/h3,5-6,8-13,17H,1,4,7H2,2H3. The van der Waals surface area contributed by atoms with Crippen LogP contribution in [0.15, 0.2) is 55.6 Å². The quantitative estimate of drug-likeness (QED) is 0.782. The average molecular weight is 241 g/mol. The van der Waals surface area contributed by atoms with E-state index in [4.69, 9.17) is 0 Å². The first-order valence-electron chi connectivity index (χ1n) is 6.26. The molecule has 1 atom stereocenters. The third kappa shape index (κ3) is 3.00. The first kappa shape index (κ1) is 12.4. The monoisotopic (exact) mass is 241 g/mol. The van der Waals surface area contributed by atoms with Gasteiger partial charge in [0, 0.05) is 18.4 Å². The highest BCUT2D eigenvalue weighted by Gasteiger charge is 2.06. The molecule has 2 aromatic rings. The van der Waals surface area contributed by atoms with Crippen molar-refractivity contribution in [1.82, 2.24) is 9.55 Å². The molecule has 0 aliphatic heterocycles. The molecule has 1 unspecified atom stereocenters. The van der Waals surface area contributed by atoms with Crippen LogP contribution in [0.5, 0.6) is 0 Å². The normalized spacial score (nSPS) is 12.1. The van der Waals surface area contributed by atoms with Crippen molar-refractivity contribution in [2.45, 2.75) is 25.8 Å². The molecule has 0 aliphatic rings. The Bertz CT molecular complexity index is 488. The second-order valence-electron chi connectivity index (χ2n) is 4.40. The van der Waals surface area contributed by atoms with Crippen molar-refractivity contribution in [3.8, 4) is 5.69 Å². The summed E-state index contributed by atoms with van der Waals surface area (Å²) in [4.78, 5) is 4.09. The molecule has 1 N–H and O–H groups in total. The highest BCUT2D eigenvalue weighted by molar-refractivity contribution is 5.61. The molecule has 1 aromatic heterocycles. The van der Waals surface area contributed by atoms with Crippen LogP contribution in [0.3, 0.4) is 0 Å². The Labute approximate surface area is 108 Å². The van der Waals surface area contributed by atoms with Gasteiger partial charge in [-0.2, -0.15) is 0 Å². The van der Waals surface area contributed by atoms with Crippen LogP contribution in [0.2, 0.25) is 0 Å². The van der Waals surface area contributed by atoms with Crippen LogP contribution in [-0.4, -0.2) is 15.6 Å². The SMILES string of the molecule is C=CCCC(C)Nc1ccccc1-n1ccnc1. The number of rotatable bonds is 6. The van der Waals surface area contributed by atoms with Crippen LogP contribution in [0.25, 0.3) is 5.69 Å². The van der Waals surface area contributed by atoms with Crippen LogP contribution < -0.4 is 5.32 Å². The van der Waals surface area contributed by atoms with Gasteiger partial charge in [-0.3, -0.25) is 0 Å². The molecule has 18 heavy (non-hydrogen) atoms. The summed E-state index contributed by atoms with van der Waals surface area (Å²) in [5, 5.41) is 3.54. The Morgan fingerprint density at radius 1 is 1.44 bits per heavy atom. The van der Waals surface area contributed by atoms with E-state index >= 15 is 0 Å². The van der Waals surface area contributed by atoms with E-state index in [-0.39, 0.29) is 0 Å². The van der Waals surface area contributed by atoms with Gasteiger partial charge in [0.25, 0.3) is 0 Å². The molecule has 3 heteroatoms. The molecule has 0 aliphatic carbocycles. The van der Waals surface area contributed by atoms with Gasteiger partial charge in [-0.25, -0.2) is 4.98 Å². The summed E-state index contributed by atoms with van der Waals surface area (Å²) in [6.07, 6.45) is 9.63. The van der Waals surface area contributed by atoms with Crippen molar-refractivity contribution in [2.24, 2.45) is 0 Å². The van der Waals surface area contributed by atoms with Gasteiger partial charge >= 0.3 is 0 Å². The highest BCUT2D eigenvalue weighted by atomic mass is 15.1. The Balaban J connectivity index is 2.15. The molecular weight excluding hydrogens is 222 g/mol. The van der Waals surface area contributed by atoms with Gasteiger partial charge in [-0.15, -0.1) is 6.58 Å². The molecule has 3 nitrogen and oxygen atoms in total. The van der Waals surface area contributed by atoms with E-state index in [1.165, 1.54) is 0 Å². The molecule has 0 amide bonds. The lowest BCUT2D eigenvalue weighted by atomic mass is 10.1. The predicted molar refractivity (Wildman–Crippen MR) is 76.1 cm³/mol. The van der Waals surface area contributed by atoms with Gasteiger partial charge < -0.3 is 9.88 Å². The summed E-state index contributed by atoms with van der Waals surface area (Å²) >= 11 is 0. The van der Waals surface area contributed by atoms with Gasteiger partial charge in [-0.05, 0) is 31.9 Å². The maximum Gasteiger partial charge on any atom is 0.0992 e. The van der Waals surface area contributed by atoms with E-state index in [9.17, 15) is 0 Å². The Hall–Kier alpha value is -2.03. The van der Waals surface area contributed by atoms with Crippen molar-refractivity contribution in [3.63, 3.8) is 0 Å². The lowest BCUT2D eigenvalue weighted by Gasteiger charge is -2.17. The Morgan fingerprint density at radius 3 is 3.00 bits per heavy atom. The van der Waals surface area contributed by atoms with Crippen molar-refractivity contribution in [3.05, 3.63) is 55.6 Å². The molecule has 0 saturated carbocycles. The van der Waals surface area contributed by atoms with E-state index in [0.29, 0.717) is 6.04 Å². The van der Waals surface area contributed by atoms with E-state index < -0.39 is 0 Å². The summed E-state index contributed by atoms with van der Waals surface area (Å²) in [6, 6.07) is 8.69. The number of benzene rings is 1. The Kier molecular flexibility index (Phi) is 4.18. The van der Waals surface area contributed by atoms with E-state index in [0.717, 1.165) is 24.2 Å². The van der Waals surface area contributed by atoms with Crippen LogP contribution >= 0.6 is 0 Å². The fourth-order valence-electron chi connectivity index (χ4n) is 1.93. The minimum atomic E-state index is 0.424. The van der Waals surface area contributed by atoms with Crippen LogP contribution in [0, 0.1) is 0 Å². The number of nitrogens with zero attached hydrogens (tertiary/aromatic N) is 2. The summed E-state index contributed by atoms with van der Waals surface area (Å²) in [5.74, 6) is 0. The lowest BCUT2D eigenvalue weighted by Crippen LogP contribution is -2.16. The minimum Gasteiger partial charge on any atom is -0.381 e. The molecule has 1 heterocycles. The Morgan fingerprint density at radius 2 is 2.28 bits per heavy atom. The number of para-hydroxylation sites is 2. The number of imidazole rings is 1. The maximum atomic E-state index is 4.09. The molecule has 94 valence electrons. The molecule has 0 bridgehead atoms. The summed E-state index contributed by atoms with van der Waals surface area (Å²) in [7, 11) is 0. The summed E-state index contributed by atoms with van der Waals surface area (Å²) in [6.45, 7) is 5.95. The molecule has 0 radical (unpaired) electrons.